The fraction of sp³-hybridized carbons (Fsp3) is 0.929. The van der Waals surface area contributed by atoms with Crippen molar-refractivity contribution in [3.05, 3.63) is 0 Å². The van der Waals surface area contributed by atoms with Crippen LogP contribution in [-0.4, -0.2) is 23.8 Å². The zero-order valence-electron chi connectivity index (χ0n) is 12.0. The van der Waals surface area contributed by atoms with Gasteiger partial charge >= 0.3 is 5.97 Å². The van der Waals surface area contributed by atoms with Gasteiger partial charge in [-0.25, -0.2) is 9.78 Å². The summed E-state index contributed by atoms with van der Waals surface area (Å²) < 4.78 is 0. The van der Waals surface area contributed by atoms with Crippen LogP contribution in [0.15, 0.2) is 0 Å². The van der Waals surface area contributed by atoms with Crippen LogP contribution >= 0.6 is 0 Å². The van der Waals surface area contributed by atoms with Crippen molar-refractivity contribution in [2.45, 2.75) is 71.8 Å². The van der Waals surface area contributed by atoms with E-state index in [0.717, 1.165) is 25.7 Å². The molecule has 0 rings (SSSR count). The van der Waals surface area contributed by atoms with Crippen LogP contribution in [0.2, 0.25) is 0 Å². The minimum absolute atomic E-state index is 0.330. The molecule has 0 radical (unpaired) electrons. The molecule has 0 heterocycles. The van der Waals surface area contributed by atoms with Gasteiger partial charge in [0.2, 0.25) is 0 Å². The molecular weight excluding hydrogens is 232 g/mol. The Morgan fingerprint density at radius 2 is 1.83 bits per heavy atom. The minimum atomic E-state index is -0.800. The largest absolute Gasteiger partial charge is 0.481 e. The first-order valence-electron chi connectivity index (χ1n) is 7.18. The van der Waals surface area contributed by atoms with Gasteiger partial charge in [0, 0.05) is 0 Å². The zero-order chi connectivity index (χ0) is 13.8. The third-order valence-corrected chi connectivity index (χ3v) is 3.05. The molecule has 0 aliphatic heterocycles. The molecule has 0 bridgehead atoms. The Kier molecular flexibility index (Phi) is 11.1. The molecule has 108 valence electrons. The topological polar surface area (TPSA) is 55.8 Å². The lowest BCUT2D eigenvalue weighted by atomic mass is 9.96. The van der Waals surface area contributed by atoms with Gasteiger partial charge in [-0.05, 0) is 19.3 Å². The van der Waals surface area contributed by atoms with E-state index in [-0.39, 0.29) is 6.10 Å². The van der Waals surface area contributed by atoms with E-state index in [4.69, 9.17) is 14.9 Å². The molecule has 18 heavy (non-hydrogen) atoms. The molecule has 0 saturated heterocycles. The second-order valence-corrected chi connectivity index (χ2v) is 4.66. The van der Waals surface area contributed by atoms with Gasteiger partial charge in [-0.2, -0.15) is 0 Å². The van der Waals surface area contributed by atoms with Crippen molar-refractivity contribution in [2.75, 3.05) is 6.61 Å². The van der Waals surface area contributed by atoms with Crippen LogP contribution in [0.1, 0.15) is 65.7 Å². The molecule has 0 aliphatic carbocycles. The third kappa shape index (κ3) is 7.67. The van der Waals surface area contributed by atoms with E-state index < -0.39 is 11.9 Å². The molecule has 4 heteroatoms. The molecule has 0 amide bonds. The van der Waals surface area contributed by atoms with Gasteiger partial charge in [-0.1, -0.05) is 46.5 Å². The molecule has 0 aromatic rings. The Morgan fingerprint density at radius 1 is 1.11 bits per heavy atom. The second kappa shape index (κ2) is 11.5. The van der Waals surface area contributed by atoms with Gasteiger partial charge in [0.1, 0.15) is 6.10 Å². The highest BCUT2D eigenvalue weighted by Crippen LogP contribution is 2.18. The number of hydrogen-bond donors (Lipinski definition) is 1. The smallest absolute Gasteiger partial charge is 0.309 e. The lowest BCUT2D eigenvalue weighted by Crippen LogP contribution is -2.30. The number of carboxylic acids is 1. The first-order valence-corrected chi connectivity index (χ1v) is 7.18. The van der Waals surface area contributed by atoms with Crippen LogP contribution in [0.4, 0.5) is 0 Å². The summed E-state index contributed by atoms with van der Waals surface area (Å²) in [6.45, 7) is 6.60. The van der Waals surface area contributed by atoms with E-state index in [1.165, 1.54) is 12.8 Å². The summed E-state index contributed by atoms with van der Waals surface area (Å²) in [5.41, 5.74) is 0. The number of carbonyl (C=O) groups is 1. The average molecular weight is 260 g/mol. The van der Waals surface area contributed by atoms with Crippen LogP contribution in [0.5, 0.6) is 0 Å². The highest BCUT2D eigenvalue weighted by atomic mass is 17.2. The maximum atomic E-state index is 11.1. The monoisotopic (exact) mass is 260 g/mol. The number of aliphatic carboxylic acids is 1. The lowest BCUT2D eigenvalue weighted by molar-refractivity contribution is -0.333. The highest BCUT2D eigenvalue weighted by Gasteiger charge is 2.27. The van der Waals surface area contributed by atoms with Crippen molar-refractivity contribution in [3.8, 4) is 0 Å². The molecule has 0 fully saturated rings. The quantitative estimate of drug-likeness (QED) is 0.329. The summed E-state index contributed by atoms with van der Waals surface area (Å²) in [6, 6.07) is 0. The second-order valence-electron chi connectivity index (χ2n) is 4.66. The molecule has 4 nitrogen and oxygen atoms in total. The molecule has 2 atom stereocenters. The number of hydrogen-bond acceptors (Lipinski definition) is 3. The Morgan fingerprint density at radius 3 is 2.33 bits per heavy atom. The predicted molar refractivity (Wildman–Crippen MR) is 71.3 cm³/mol. The van der Waals surface area contributed by atoms with Gasteiger partial charge < -0.3 is 5.11 Å². The summed E-state index contributed by atoms with van der Waals surface area (Å²) in [4.78, 5) is 21.5. The van der Waals surface area contributed by atoms with Crippen LogP contribution in [0.25, 0.3) is 0 Å². The first-order chi connectivity index (χ1) is 8.67. The van der Waals surface area contributed by atoms with Crippen molar-refractivity contribution < 1.29 is 19.7 Å². The van der Waals surface area contributed by atoms with E-state index in [1.807, 2.05) is 13.8 Å². The van der Waals surface area contributed by atoms with Crippen molar-refractivity contribution in [2.24, 2.45) is 5.92 Å². The van der Waals surface area contributed by atoms with Crippen LogP contribution in [0.3, 0.4) is 0 Å². The Labute approximate surface area is 111 Å². The van der Waals surface area contributed by atoms with Crippen LogP contribution < -0.4 is 0 Å². The molecule has 0 aliphatic rings. The standard InChI is InChI=1S/C14H28O4/c1-4-7-8-9-11-17-18-13(10-5-2)12(6-3)14(15)16/h12-13H,4-11H2,1-3H3,(H,15,16). The van der Waals surface area contributed by atoms with E-state index in [9.17, 15) is 4.79 Å². The molecule has 0 aromatic heterocycles. The SMILES string of the molecule is CCCCCCOOC(CCC)C(CC)C(=O)O. The Hall–Kier alpha value is -0.610. The van der Waals surface area contributed by atoms with E-state index in [1.54, 1.807) is 0 Å². The molecule has 0 saturated carbocycles. The molecule has 0 aromatic carbocycles. The molecule has 0 spiro atoms. The summed E-state index contributed by atoms with van der Waals surface area (Å²) in [6.07, 6.45) is 6.35. The highest BCUT2D eigenvalue weighted by molar-refractivity contribution is 5.70. The van der Waals surface area contributed by atoms with Gasteiger partial charge in [0.15, 0.2) is 0 Å². The van der Waals surface area contributed by atoms with Crippen molar-refractivity contribution in [1.29, 1.82) is 0 Å². The maximum absolute atomic E-state index is 11.1. The third-order valence-electron chi connectivity index (χ3n) is 3.05. The van der Waals surface area contributed by atoms with E-state index >= 15 is 0 Å². The lowest BCUT2D eigenvalue weighted by Gasteiger charge is -2.21. The Bertz CT molecular complexity index is 206. The Balaban J connectivity index is 3.92. The minimum Gasteiger partial charge on any atom is -0.481 e. The predicted octanol–water partition coefficient (Wildman–Crippen LogP) is 3.79. The van der Waals surface area contributed by atoms with Crippen molar-refractivity contribution >= 4 is 5.97 Å². The van der Waals surface area contributed by atoms with Gasteiger partial charge in [0.05, 0.1) is 12.5 Å². The fourth-order valence-electron chi connectivity index (χ4n) is 1.92. The first kappa shape index (κ1) is 17.4. The number of unbranched alkanes of at least 4 members (excludes halogenated alkanes) is 3. The fourth-order valence-corrected chi connectivity index (χ4v) is 1.92. The van der Waals surface area contributed by atoms with E-state index in [2.05, 4.69) is 6.92 Å². The van der Waals surface area contributed by atoms with E-state index in [0.29, 0.717) is 13.0 Å². The normalized spacial score (nSPS) is 14.4. The molecule has 2 unspecified atom stereocenters. The summed E-state index contributed by atoms with van der Waals surface area (Å²) in [7, 11) is 0. The molecule has 1 N–H and O–H groups in total. The van der Waals surface area contributed by atoms with Crippen molar-refractivity contribution in [1.82, 2.24) is 0 Å². The average Bonchev–Trinajstić information content (AvgIpc) is 2.34. The zero-order valence-corrected chi connectivity index (χ0v) is 12.0. The van der Waals surface area contributed by atoms with Gasteiger partial charge in [-0.15, -0.1) is 0 Å². The summed E-state index contributed by atoms with van der Waals surface area (Å²) in [5, 5.41) is 9.11. The van der Waals surface area contributed by atoms with Crippen LogP contribution in [-0.2, 0) is 14.6 Å². The summed E-state index contributed by atoms with van der Waals surface area (Å²) in [5.74, 6) is -1.27. The van der Waals surface area contributed by atoms with Crippen LogP contribution in [0, 0.1) is 5.92 Å². The number of carboxylic acid groups (broad SMARTS) is 1. The summed E-state index contributed by atoms with van der Waals surface area (Å²) >= 11 is 0. The van der Waals surface area contributed by atoms with Crippen molar-refractivity contribution in [3.63, 3.8) is 0 Å². The van der Waals surface area contributed by atoms with Gasteiger partial charge in [-0.3, -0.25) is 4.79 Å². The maximum Gasteiger partial charge on any atom is 0.309 e. The van der Waals surface area contributed by atoms with Gasteiger partial charge in [0.25, 0.3) is 0 Å². The number of rotatable bonds is 12. The molecular formula is C14H28O4.